The fourth-order valence-corrected chi connectivity index (χ4v) is 1.60. The van der Waals surface area contributed by atoms with Gasteiger partial charge in [0.2, 0.25) is 0 Å². The zero-order valence-corrected chi connectivity index (χ0v) is 9.40. The highest BCUT2D eigenvalue weighted by atomic mass is 16.3. The number of hydrogen-bond acceptors (Lipinski definition) is 4. The summed E-state index contributed by atoms with van der Waals surface area (Å²) in [4.78, 5) is 6.47. The predicted octanol–water partition coefficient (Wildman–Crippen LogP) is 1.18. The second-order valence-corrected chi connectivity index (χ2v) is 3.57. The minimum atomic E-state index is 0.213. The summed E-state index contributed by atoms with van der Waals surface area (Å²) in [5.41, 5.74) is 7.42. The van der Waals surface area contributed by atoms with Crippen LogP contribution in [0.1, 0.15) is 18.9 Å². The summed E-state index contributed by atoms with van der Waals surface area (Å²) in [5, 5.41) is 8.80. The van der Waals surface area contributed by atoms with Crippen LogP contribution in [0, 0.1) is 6.92 Å². The third-order valence-electron chi connectivity index (χ3n) is 2.34. The van der Waals surface area contributed by atoms with Crippen LogP contribution < -0.4 is 10.6 Å². The Morgan fingerprint density at radius 1 is 1.53 bits per heavy atom. The Balaban J connectivity index is 2.81. The van der Waals surface area contributed by atoms with Crippen LogP contribution >= 0.6 is 0 Å². The molecule has 1 rings (SSSR count). The van der Waals surface area contributed by atoms with Gasteiger partial charge >= 0.3 is 0 Å². The van der Waals surface area contributed by atoms with Gasteiger partial charge in [0.05, 0.1) is 11.9 Å². The van der Waals surface area contributed by atoms with Gasteiger partial charge in [0.25, 0.3) is 0 Å². The van der Waals surface area contributed by atoms with Gasteiger partial charge in [-0.2, -0.15) is 0 Å². The Morgan fingerprint density at radius 2 is 2.27 bits per heavy atom. The number of nitrogens with zero attached hydrogens (tertiary/aromatic N) is 2. The van der Waals surface area contributed by atoms with Gasteiger partial charge in [-0.1, -0.05) is 0 Å². The van der Waals surface area contributed by atoms with Crippen LogP contribution in [-0.4, -0.2) is 29.8 Å². The lowest BCUT2D eigenvalue weighted by Crippen LogP contribution is -2.26. The third-order valence-corrected chi connectivity index (χ3v) is 2.34. The van der Waals surface area contributed by atoms with E-state index in [-0.39, 0.29) is 6.61 Å². The van der Waals surface area contributed by atoms with Crippen molar-refractivity contribution in [3.8, 4) is 0 Å². The molecule has 0 aliphatic carbocycles. The van der Waals surface area contributed by atoms with Crippen LogP contribution in [0.3, 0.4) is 0 Å². The largest absolute Gasteiger partial charge is 0.397 e. The first-order valence-corrected chi connectivity index (χ1v) is 5.27. The molecule has 1 heterocycles. The monoisotopic (exact) mass is 209 g/mol. The molecule has 3 N–H and O–H groups in total. The number of rotatable bonds is 5. The standard InChI is InChI=1S/C11H19N3O/c1-3-14(5-4-6-15)11-9(2)7-10(12)8-13-11/h7-8,15H,3-6,12H2,1-2H3. The molecule has 15 heavy (non-hydrogen) atoms. The molecule has 4 nitrogen and oxygen atoms in total. The topological polar surface area (TPSA) is 62.4 Å². The number of aliphatic hydroxyl groups excluding tert-OH is 1. The Bertz CT molecular complexity index is 315. The van der Waals surface area contributed by atoms with Crippen molar-refractivity contribution in [3.05, 3.63) is 17.8 Å². The van der Waals surface area contributed by atoms with Crippen LogP contribution in [0.15, 0.2) is 12.3 Å². The number of hydrogen-bond donors (Lipinski definition) is 2. The van der Waals surface area contributed by atoms with Crippen molar-refractivity contribution in [3.63, 3.8) is 0 Å². The number of aliphatic hydroxyl groups is 1. The molecule has 0 saturated heterocycles. The highest BCUT2D eigenvalue weighted by molar-refractivity contribution is 5.52. The second kappa shape index (κ2) is 5.56. The number of anilines is 2. The zero-order valence-electron chi connectivity index (χ0n) is 9.40. The average molecular weight is 209 g/mol. The molecule has 0 radical (unpaired) electrons. The molecule has 0 aromatic carbocycles. The van der Waals surface area contributed by atoms with Gasteiger partial charge in [0.15, 0.2) is 0 Å². The van der Waals surface area contributed by atoms with E-state index in [9.17, 15) is 0 Å². The molecule has 0 unspecified atom stereocenters. The highest BCUT2D eigenvalue weighted by Crippen LogP contribution is 2.18. The van der Waals surface area contributed by atoms with Crippen LogP contribution in [0.5, 0.6) is 0 Å². The summed E-state index contributed by atoms with van der Waals surface area (Å²) >= 11 is 0. The first-order chi connectivity index (χ1) is 7.19. The number of aromatic nitrogens is 1. The molecular weight excluding hydrogens is 190 g/mol. The predicted molar refractivity (Wildman–Crippen MR) is 63.0 cm³/mol. The molecule has 4 heteroatoms. The first kappa shape index (κ1) is 11.8. The highest BCUT2D eigenvalue weighted by Gasteiger charge is 2.08. The molecule has 0 aliphatic rings. The molecule has 1 aromatic heterocycles. The van der Waals surface area contributed by atoms with Crippen molar-refractivity contribution in [2.24, 2.45) is 0 Å². The summed E-state index contributed by atoms with van der Waals surface area (Å²) in [7, 11) is 0. The van der Waals surface area contributed by atoms with Gasteiger partial charge < -0.3 is 15.7 Å². The number of nitrogen functional groups attached to an aromatic ring is 1. The first-order valence-electron chi connectivity index (χ1n) is 5.27. The fraction of sp³-hybridized carbons (Fsp3) is 0.545. The summed E-state index contributed by atoms with van der Waals surface area (Å²) in [6.07, 6.45) is 2.43. The molecule has 0 atom stereocenters. The molecule has 0 fully saturated rings. The van der Waals surface area contributed by atoms with E-state index in [1.54, 1.807) is 6.20 Å². The SMILES string of the molecule is CCN(CCCO)c1ncc(N)cc1C. The lowest BCUT2D eigenvalue weighted by Gasteiger charge is -2.23. The van der Waals surface area contributed by atoms with Crippen LogP contribution in [0.25, 0.3) is 0 Å². The van der Waals surface area contributed by atoms with E-state index < -0.39 is 0 Å². The fourth-order valence-electron chi connectivity index (χ4n) is 1.60. The van der Waals surface area contributed by atoms with E-state index in [1.807, 2.05) is 13.0 Å². The normalized spacial score (nSPS) is 10.3. The molecule has 0 aliphatic heterocycles. The van der Waals surface area contributed by atoms with E-state index in [0.29, 0.717) is 5.69 Å². The third kappa shape index (κ3) is 3.09. The van der Waals surface area contributed by atoms with E-state index in [4.69, 9.17) is 10.8 Å². The Labute approximate surface area is 90.7 Å². The summed E-state index contributed by atoms with van der Waals surface area (Å²) < 4.78 is 0. The number of pyridine rings is 1. The molecule has 0 spiro atoms. The average Bonchev–Trinajstić information content (AvgIpc) is 2.21. The van der Waals surface area contributed by atoms with Crippen molar-refractivity contribution in [1.29, 1.82) is 0 Å². The van der Waals surface area contributed by atoms with E-state index in [2.05, 4.69) is 16.8 Å². The van der Waals surface area contributed by atoms with Crippen molar-refractivity contribution < 1.29 is 5.11 Å². The molecule has 84 valence electrons. The van der Waals surface area contributed by atoms with Gasteiger partial charge in [-0.15, -0.1) is 0 Å². The Kier molecular flexibility index (Phi) is 4.37. The number of aryl methyl sites for hydroxylation is 1. The molecule has 1 aromatic rings. The smallest absolute Gasteiger partial charge is 0.131 e. The zero-order chi connectivity index (χ0) is 11.3. The van der Waals surface area contributed by atoms with Gasteiger partial charge in [0, 0.05) is 19.7 Å². The lowest BCUT2D eigenvalue weighted by molar-refractivity contribution is 0.289. The minimum Gasteiger partial charge on any atom is -0.397 e. The van der Waals surface area contributed by atoms with Crippen molar-refractivity contribution in [2.45, 2.75) is 20.3 Å². The van der Waals surface area contributed by atoms with Crippen LogP contribution in [0.2, 0.25) is 0 Å². The van der Waals surface area contributed by atoms with Crippen LogP contribution in [0.4, 0.5) is 11.5 Å². The van der Waals surface area contributed by atoms with Gasteiger partial charge in [-0.3, -0.25) is 0 Å². The molecular formula is C11H19N3O. The van der Waals surface area contributed by atoms with Gasteiger partial charge in [-0.25, -0.2) is 4.98 Å². The second-order valence-electron chi connectivity index (χ2n) is 3.57. The summed E-state index contributed by atoms with van der Waals surface area (Å²) in [5.74, 6) is 0.958. The van der Waals surface area contributed by atoms with Crippen molar-refractivity contribution >= 4 is 11.5 Å². The Morgan fingerprint density at radius 3 is 2.80 bits per heavy atom. The lowest BCUT2D eigenvalue weighted by atomic mass is 10.2. The molecule has 0 amide bonds. The Hall–Kier alpha value is -1.29. The van der Waals surface area contributed by atoms with Gasteiger partial charge in [0.1, 0.15) is 5.82 Å². The summed E-state index contributed by atoms with van der Waals surface area (Å²) in [6, 6.07) is 1.92. The molecule has 0 bridgehead atoms. The van der Waals surface area contributed by atoms with Crippen LogP contribution in [-0.2, 0) is 0 Å². The maximum absolute atomic E-state index is 8.80. The number of nitrogens with two attached hydrogens (primary N) is 1. The van der Waals surface area contributed by atoms with Crippen molar-refractivity contribution in [2.75, 3.05) is 30.3 Å². The maximum Gasteiger partial charge on any atom is 0.131 e. The molecule has 0 saturated carbocycles. The van der Waals surface area contributed by atoms with E-state index in [0.717, 1.165) is 30.9 Å². The van der Waals surface area contributed by atoms with Crippen molar-refractivity contribution in [1.82, 2.24) is 4.98 Å². The van der Waals surface area contributed by atoms with Gasteiger partial charge in [-0.05, 0) is 31.9 Å². The van der Waals surface area contributed by atoms with E-state index in [1.165, 1.54) is 0 Å². The summed E-state index contributed by atoms with van der Waals surface area (Å²) in [6.45, 7) is 6.00. The minimum absolute atomic E-state index is 0.213. The van der Waals surface area contributed by atoms with E-state index >= 15 is 0 Å². The quantitative estimate of drug-likeness (QED) is 0.764. The maximum atomic E-state index is 8.80.